The third-order valence-corrected chi connectivity index (χ3v) is 7.61. The van der Waals surface area contributed by atoms with Crippen LogP contribution in [0.15, 0.2) is 23.8 Å². The van der Waals surface area contributed by atoms with E-state index in [0.29, 0.717) is 18.3 Å². The van der Waals surface area contributed by atoms with E-state index in [-0.39, 0.29) is 12.0 Å². The van der Waals surface area contributed by atoms with Gasteiger partial charge in [0.25, 0.3) is 0 Å². The molecular formula is C26H46N2O2. The molecule has 3 rings (SSSR count). The highest BCUT2D eigenvalue weighted by atomic mass is 16.3. The van der Waals surface area contributed by atoms with E-state index in [1.165, 1.54) is 38.9 Å². The molecule has 2 fully saturated rings. The molecule has 2 aliphatic carbocycles. The smallest absolute Gasteiger partial charge is 0.0654 e. The summed E-state index contributed by atoms with van der Waals surface area (Å²) >= 11 is 0. The van der Waals surface area contributed by atoms with Crippen LogP contribution in [0.1, 0.15) is 78.1 Å². The molecule has 0 amide bonds. The number of piperidine rings is 1. The average molecular weight is 419 g/mol. The molecule has 0 unspecified atom stereocenters. The van der Waals surface area contributed by atoms with Gasteiger partial charge in [0, 0.05) is 19.0 Å². The van der Waals surface area contributed by atoms with Crippen LogP contribution in [0, 0.1) is 17.8 Å². The number of hydrogen-bond acceptors (Lipinski definition) is 4. The molecule has 1 saturated heterocycles. The van der Waals surface area contributed by atoms with Crippen molar-refractivity contribution in [1.82, 2.24) is 10.2 Å². The lowest BCUT2D eigenvalue weighted by molar-refractivity contribution is 0.0513. The molecule has 30 heavy (non-hydrogen) atoms. The maximum Gasteiger partial charge on any atom is 0.0654 e. The maximum atomic E-state index is 10.6. The summed E-state index contributed by atoms with van der Waals surface area (Å²) in [6.45, 7) is 10.0. The van der Waals surface area contributed by atoms with E-state index < -0.39 is 5.60 Å². The van der Waals surface area contributed by atoms with Gasteiger partial charge < -0.3 is 20.4 Å². The first-order valence-corrected chi connectivity index (χ1v) is 12.7. The normalized spacial score (nSPS) is 31.8. The van der Waals surface area contributed by atoms with Crippen molar-refractivity contribution in [3.8, 4) is 0 Å². The number of likely N-dealkylation sites (tertiary alicyclic amines) is 1. The molecule has 5 atom stereocenters. The lowest BCUT2D eigenvalue weighted by Crippen LogP contribution is -2.36. The fourth-order valence-electron chi connectivity index (χ4n) is 5.72. The van der Waals surface area contributed by atoms with Crippen molar-refractivity contribution in [2.45, 2.75) is 89.8 Å². The van der Waals surface area contributed by atoms with E-state index in [9.17, 15) is 10.2 Å². The van der Waals surface area contributed by atoms with Crippen LogP contribution in [0.25, 0.3) is 0 Å². The molecular weight excluding hydrogens is 372 g/mol. The number of allylic oxidation sites excluding steroid dienone is 1. The van der Waals surface area contributed by atoms with Crippen LogP contribution < -0.4 is 5.32 Å². The number of nitrogens with one attached hydrogen (secondary N) is 1. The molecule has 0 aromatic heterocycles. The van der Waals surface area contributed by atoms with E-state index in [0.717, 1.165) is 51.6 Å². The minimum Gasteiger partial charge on any atom is -0.392 e. The number of unbranched alkanes of at least 4 members (excludes halogenated alkanes) is 1. The van der Waals surface area contributed by atoms with Crippen molar-refractivity contribution in [3.05, 3.63) is 23.8 Å². The van der Waals surface area contributed by atoms with Crippen molar-refractivity contribution in [2.75, 3.05) is 32.7 Å². The molecule has 0 bridgehead atoms. The Bertz CT molecular complexity index is 565. The van der Waals surface area contributed by atoms with Crippen LogP contribution >= 0.6 is 0 Å². The van der Waals surface area contributed by atoms with Gasteiger partial charge in [-0.2, -0.15) is 0 Å². The van der Waals surface area contributed by atoms with E-state index in [2.05, 4.69) is 35.4 Å². The Morgan fingerprint density at radius 1 is 1.23 bits per heavy atom. The minimum absolute atomic E-state index is 0.225. The van der Waals surface area contributed by atoms with Gasteiger partial charge in [-0.3, -0.25) is 0 Å². The van der Waals surface area contributed by atoms with Gasteiger partial charge in [-0.15, -0.1) is 0 Å². The predicted octanol–water partition coefficient (Wildman–Crippen LogP) is 4.28. The van der Waals surface area contributed by atoms with Gasteiger partial charge in [-0.1, -0.05) is 50.0 Å². The minimum atomic E-state index is -0.617. The maximum absolute atomic E-state index is 10.6. The van der Waals surface area contributed by atoms with Gasteiger partial charge in [0.1, 0.15) is 0 Å². The predicted molar refractivity (Wildman–Crippen MR) is 125 cm³/mol. The molecule has 3 N–H and O–H groups in total. The highest BCUT2D eigenvalue weighted by Gasteiger charge is 2.43. The Kier molecular flexibility index (Phi) is 9.43. The first kappa shape index (κ1) is 24.0. The SMILES string of the molecule is CCCC[C@](C)(O)C/C=C/[C@@H]1[C@H]2CC(CCNCCN3CCCCC3)=C[C@H]2C[C@H]1O. The van der Waals surface area contributed by atoms with E-state index >= 15 is 0 Å². The Morgan fingerprint density at radius 3 is 2.80 bits per heavy atom. The Hall–Kier alpha value is -0.680. The largest absolute Gasteiger partial charge is 0.392 e. The Morgan fingerprint density at radius 2 is 2.03 bits per heavy atom. The zero-order chi connectivity index (χ0) is 21.4. The summed E-state index contributed by atoms with van der Waals surface area (Å²) in [6, 6.07) is 0. The zero-order valence-electron chi connectivity index (χ0n) is 19.5. The van der Waals surface area contributed by atoms with Crippen molar-refractivity contribution >= 4 is 0 Å². The van der Waals surface area contributed by atoms with Crippen LogP contribution in [0.2, 0.25) is 0 Å². The number of fused-ring (bicyclic) bond motifs is 1. The molecule has 172 valence electrons. The summed E-state index contributed by atoms with van der Waals surface area (Å²) in [7, 11) is 0. The highest BCUT2D eigenvalue weighted by molar-refractivity contribution is 5.21. The van der Waals surface area contributed by atoms with Crippen molar-refractivity contribution in [1.29, 1.82) is 0 Å². The second-order valence-corrected chi connectivity index (χ2v) is 10.4. The summed E-state index contributed by atoms with van der Waals surface area (Å²) < 4.78 is 0. The van der Waals surface area contributed by atoms with Crippen molar-refractivity contribution in [2.24, 2.45) is 17.8 Å². The molecule has 0 aromatic rings. The summed E-state index contributed by atoms with van der Waals surface area (Å²) in [4.78, 5) is 2.59. The second kappa shape index (κ2) is 11.8. The molecule has 1 heterocycles. The fourth-order valence-corrected chi connectivity index (χ4v) is 5.72. The zero-order valence-corrected chi connectivity index (χ0v) is 19.5. The molecule has 0 aromatic carbocycles. The quantitative estimate of drug-likeness (QED) is 0.327. The lowest BCUT2D eigenvalue weighted by Gasteiger charge is -2.26. The van der Waals surface area contributed by atoms with Gasteiger partial charge in [0.2, 0.25) is 0 Å². The van der Waals surface area contributed by atoms with Gasteiger partial charge in [0.05, 0.1) is 11.7 Å². The number of rotatable bonds is 12. The van der Waals surface area contributed by atoms with E-state index in [1.54, 1.807) is 5.57 Å². The molecule has 1 saturated carbocycles. The summed E-state index contributed by atoms with van der Waals surface area (Å²) in [5.41, 5.74) is 0.963. The number of hydrogen-bond donors (Lipinski definition) is 3. The van der Waals surface area contributed by atoms with E-state index in [4.69, 9.17) is 0 Å². The van der Waals surface area contributed by atoms with Gasteiger partial charge in [-0.25, -0.2) is 0 Å². The van der Waals surface area contributed by atoms with Crippen LogP contribution in [-0.4, -0.2) is 59.5 Å². The van der Waals surface area contributed by atoms with Gasteiger partial charge in [0.15, 0.2) is 0 Å². The number of aliphatic hydroxyl groups is 2. The van der Waals surface area contributed by atoms with Crippen LogP contribution in [0.4, 0.5) is 0 Å². The third kappa shape index (κ3) is 7.19. The third-order valence-electron chi connectivity index (χ3n) is 7.61. The molecule has 3 aliphatic rings. The van der Waals surface area contributed by atoms with Crippen molar-refractivity contribution in [3.63, 3.8) is 0 Å². The highest BCUT2D eigenvalue weighted by Crippen LogP contribution is 2.48. The number of nitrogens with zero attached hydrogens (tertiary/aromatic N) is 1. The lowest BCUT2D eigenvalue weighted by atomic mass is 9.88. The first-order chi connectivity index (χ1) is 14.5. The number of aliphatic hydroxyl groups excluding tert-OH is 1. The average Bonchev–Trinajstić information content (AvgIpc) is 3.24. The van der Waals surface area contributed by atoms with Gasteiger partial charge >= 0.3 is 0 Å². The van der Waals surface area contributed by atoms with Crippen LogP contribution in [0.5, 0.6) is 0 Å². The molecule has 4 nitrogen and oxygen atoms in total. The fraction of sp³-hybridized carbons (Fsp3) is 0.846. The Balaban J connectivity index is 1.36. The Labute approximate surface area is 184 Å². The first-order valence-electron chi connectivity index (χ1n) is 12.7. The summed E-state index contributed by atoms with van der Waals surface area (Å²) in [5, 5.41) is 24.7. The van der Waals surface area contributed by atoms with Gasteiger partial charge in [-0.05, 0) is 83.3 Å². The monoisotopic (exact) mass is 418 g/mol. The van der Waals surface area contributed by atoms with Crippen LogP contribution in [0.3, 0.4) is 0 Å². The summed E-state index contributed by atoms with van der Waals surface area (Å²) in [6.07, 6.45) is 17.6. The van der Waals surface area contributed by atoms with E-state index in [1.807, 2.05) is 6.92 Å². The van der Waals surface area contributed by atoms with Crippen LogP contribution in [-0.2, 0) is 0 Å². The molecule has 0 spiro atoms. The summed E-state index contributed by atoms with van der Waals surface area (Å²) in [5.74, 6) is 1.34. The standard InChI is InChI=1S/C26H46N2O2/c1-3-4-11-26(2,30)12-8-9-23-24-19-21(18-22(24)20-25(23)29)10-13-27-14-17-28-15-6-5-7-16-28/h8-9,18,22-25,27,29-30H,3-7,10-17,19-20H2,1-2H3/b9-8+/t22-,23+,24-,25+,26-/m0/s1. The molecule has 1 aliphatic heterocycles. The van der Waals surface area contributed by atoms with Crippen molar-refractivity contribution < 1.29 is 10.2 Å². The molecule has 0 radical (unpaired) electrons. The topological polar surface area (TPSA) is 55.7 Å². The second-order valence-electron chi connectivity index (χ2n) is 10.4. The molecule has 4 heteroatoms.